The maximum Gasteiger partial charge on any atom is 0.118 e. The summed E-state index contributed by atoms with van der Waals surface area (Å²) in [4.78, 5) is 7.80. The SMILES string of the molecule is Cc1ccc(CN2CCN(C3CCN(c4ccc5c(c4)CCC5)CC3)C[C@H]2CCO)o1. The van der Waals surface area contributed by atoms with Crippen LogP contribution in [-0.4, -0.2) is 66.3 Å². The standard InChI is InChI=1S/C26H37N3O2/c1-20-5-8-26(31-20)19-29-15-14-28(18-25(29)11-16-30)23-9-12-27(13-10-23)24-7-6-21-3-2-4-22(21)17-24/h5-8,17,23,25,30H,2-4,9-16,18-19H2,1H3/t25-/m1/s1. The Labute approximate surface area is 186 Å². The van der Waals surface area contributed by atoms with Crippen molar-refractivity contribution in [2.75, 3.05) is 44.2 Å². The molecule has 2 fully saturated rings. The summed E-state index contributed by atoms with van der Waals surface area (Å²) in [5, 5.41) is 9.66. The Kier molecular flexibility index (Phi) is 6.35. The molecule has 2 saturated heterocycles. The van der Waals surface area contributed by atoms with Gasteiger partial charge in [-0.15, -0.1) is 0 Å². The molecule has 0 unspecified atom stereocenters. The van der Waals surface area contributed by atoms with Gasteiger partial charge in [-0.2, -0.15) is 0 Å². The van der Waals surface area contributed by atoms with Crippen molar-refractivity contribution in [1.82, 2.24) is 9.80 Å². The molecule has 168 valence electrons. The van der Waals surface area contributed by atoms with E-state index in [0.717, 1.165) is 57.2 Å². The molecule has 0 bridgehead atoms. The fourth-order valence-corrected chi connectivity index (χ4v) is 5.89. The van der Waals surface area contributed by atoms with E-state index in [2.05, 4.69) is 39.0 Å². The number of rotatable bonds is 6. The third-order valence-corrected chi connectivity index (χ3v) is 7.68. The number of piperidine rings is 1. The molecule has 1 aromatic carbocycles. The number of furan rings is 1. The highest BCUT2D eigenvalue weighted by molar-refractivity contribution is 5.52. The van der Waals surface area contributed by atoms with E-state index < -0.39 is 0 Å². The predicted octanol–water partition coefficient (Wildman–Crippen LogP) is 3.61. The van der Waals surface area contributed by atoms with Crippen molar-refractivity contribution in [3.8, 4) is 0 Å². The maximum absolute atomic E-state index is 9.66. The molecule has 5 heteroatoms. The number of hydrogen-bond donors (Lipinski definition) is 1. The molecule has 3 aliphatic rings. The summed E-state index contributed by atoms with van der Waals surface area (Å²) in [6.45, 7) is 8.64. The Balaban J connectivity index is 1.17. The normalized spacial score (nSPS) is 23.4. The quantitative estimate of drug-likeness (QED) is 0.769. The number of benzene rings is 1. The number of hydrogen-bond acceptors (Lipinski definition) is 5. The largest absolute Gasteiger partial charge is 0.465 e. The molecule has 1 aliphatic carbocycles. The van der Waals surface area contributed by atoms with Crippen LogP contribution < -0.4 is 4.90 Å². The topological polar surface area (TPSA) is 43.1 Å². The van der Waals surface area contributed by atoms with Gasteiger partial charge in [0, 0.05) is 57.1 Å². The second-order valence-corrected chi connectivity index (χ2v) is 9.67. The van der Waals surface area contributed by atoms with E-state index in [-0.39, 0.29) is 6.61 Å². The van der Waals surface area contributed by atoms with Gasteiger partial charge in [-0.3, -0.25) is 9.80 Å². The second-order valence-electron chi connectivity index (χ2n) is 9.67. The van der Waals surface area contributed by atoms with Crippen molar-refractivity contribution < 1.29 is 9.52 Å². The Hall–Kier alpha value is -1.82. The van der Waals surface area contributed by atoms with Crippen LogP contribution in [0.25, 0.3) is 0 Å². The van der Waals surface area contributed by atoms with Crippen molar-refractivity contribution in [1.29, 1.82) is 0 Å². The minimum absolute atomic E-state index is 0.253. The molecule has 0 spiro atoms. The summed E-state index contributed by atoms with van der Waals surface area (Å²) in [5.74, 6) is 2.01. The Morgan fingerprint density at radius 1 is 1.00 bits per heavy atom. The molecular formula is C26H37N3O2. The number of nitrogens with zero attached hydrogens (tertiary/aromatic N) is 3. The molecule has 5 rings (SSSR count). The highest BCUT2D eigenvalue weighted by Gasteiger charge is 2.32. The van der Waals surface area contributed by atoms with Crippen LogP contribution in [0, 0.1) is 6.92 Å². The Morgan fingerprint density at radius 2 is 1.84 bits per heavy atom. The fourth-order valence-electron chi connectivity index (χ4n) is 5.89. The summed E-state index contributed by atoms with van der Waals surface area (Å²) in [6, 6.07) is 12.4. The Morgan fingerprint density at radius 3 is 2.61 bits per heavy atom. The zero-order valence-corrected chi connectivity index (χ0v) is 18.9. The Bertz CT molecular complexity index is 871. The van der Waals surface area contributed by atoms with Gasteiger partial charge in [0.2, 0.25) is 0 Å². The highest BCUT2D eigenvalue weighted by Crippen LogP contribution is 2.30. The van der Waals surface area contributed by atoms with E-state index in [1.165, 1.54) is 37.8 Å². The summed E-state index contributed by atoms with van der Waals surface area (Å²) in [5.41, 5.74) is 4.57. The van der Waals surface area contributed by atoms with Gasteiger partial charge < -0.3 is 14.4 Å². The summed E-state index contributed by atoms with van der Waals surface area (Å²) in [7, 11) is 0. The number of anilines is 1. The lowest BCUT2D eigenvalue weighted by molar-refractivity contribution is 0.0220. The molecule has 0 radical (unpaired) electrons. The zero-order chi connectivity index (χ0) is 21.2. The average Bonchev–Trinajstić information content (AvgIpc) is 3.43. The molecule has 2 aromatic rings. The molecule has 31 heavy (non-hydrogen) atoms. The van der Waals surface area contributed by atoms with Gasteiger partial charge in [-0.1, -0.05) is 6.07 Å². The molecule has 1 N–H and O–H groups in total. The van der Waals surface area contributed by atoms with Gasteiger partial charge >= 0.3 is 0 Å². The third-order valence-electron chi connectivity index (χ3n) is 7.68. The van der Waals surface area contributed by atoms with Gasteiger partial charge in [-0.25, -0.2) is 0 Å². The number of aryl methyl sites for hydroxylation is 3. The minimum Gasteiger partial charge on any atom is -0.465 e. The number of aliphatic hydroxyl groups is 1. The summed E-state index contributed by atoms with van der Waals surface area (Å²) >= 11 is 0. The van der Waals surface area contributed by atoms with Crippen LogP contribution in [-0.2, 0) is 19.4 Å². The van der Waals surface area contributed by atoms with Gasteiger partial charge in [0.05, 0.1) is 6.54 Å². The smallest absolute Gasteiger partial charge is 0.118 e. The molecular weight excluding hydrogens is 386 g/mol. The van der Waals surface area contributed by atoms with Crippen LogP contribution in [0.4, 0.5) is 5.69 Å². The van der Waals surface area contributed by atoms with Gasteiger partial charge in [0.25, 0.3) is 0 Å². The molecule has 3 heterocycles. The molecule has 1 aromatic heterocycles. The lowest BCUT2D eigenvalue weighted by Crippen LogP contribution is -2.57. The van der Waals surface area contributed by atoms with Gasteiger partial charge in [-0.05, 0) is 80.8 Å². The molecule has 5 nitrogen and oxygen atoms in total. The summed E-state index contributed by atoms with van der Waals surface area (Å²) in [6.07, 6.45) is 7.15. The van der Waals surface area contributed by atoms with E-state index in [0.29, 0.717) is 12.1 Å². The van der Waals surface area contributed by atoms with Crippen LogP contribution in [0.5, 0.6) is 0 Å². The number of piperazine rings is 1. The first-order chi connectivity index (χ1) is 15.2. The van der Waals surface area contributed by atoms with Gasteiger partial charge in [0.15, 0.2) is 0 Å². The molecule has 1 atom stereocenters. The van der Waals surface area contributed by atoms with Crippen LogP contribution >= 0.6 is 0 Å². The molecule has 0 saturated carbocycles. The second kappa shape index (κ2) is 9.35. The predicted molar refractivity (Wildman–Crippen MR) is 125 cm³/mol. The van der Waals surface area contributed by atoms with Crippen molar-refractivity contribution in [3.63, 3.8) is 0 Å². The van der Waals surface area contributed by atoms with Crippen LogP contribution in [0.15, 0.2) is 34.7 Å². The van der Waals surface area contributed by atoms with Crippen molar-refractivity contribution >= 4 is 5.69 Å². The highest BCUT2D eigenvalue weighted by atomic mass is 16.3. The first kappa shape index (κ1) is 21.0. The number of aliphatic hydroxyl groups excluding tert-OH is 1. The van der Waals surface area contributed by atoms with Crippen LogP contribution in [0.2, 0.25) is 0 Å². The average molecular weight is 424 g/mol. The zero-order valence-electron chi connectivity index (χ0n) is 18.9. The fraction of sp³-hybridized carbons (Fsp3) is 0.615. The maximum atomic E-state index is 9.66. The lowest BCUT2D eigenvalue weighted by atomic mass is 9.98. The van der Waals surface area contributed by atoms with Crippen LogP contribution in [0.3, 0.4) is 0 Å². The lowest BCUT2D eigenvalue weighted by Gasteiger charge is -2.46. The van der Waals surface area contributed by atoms with E-state index in [4.69, 9.17) is 4.42 Å². The number of fused-ring (bicyclic) bond motifs is 1. The molecule has 0 amide bonds. The van der Waals surface area contributed by atoms with E-state index in [1.807, 2.05) is 13.0 Å². The van der Waals surface area contributed by atoms with Gasteiger partial charge in [0.1, 0.15) is 11.5 Å². The summed E-state index contributed by atoms with van der Waals surface area (Å²) < 4.78 is 5.81. The van der Waals surface area contributed by atoms with E-state index >= 15 is 0 Å². The first-order valence-electron chi connectivity index (χ1n) is 12.2. The van der Waals surface area contributed by atoms with E-state index in [1.54, 1.807) is 11.1 Å². The first-order valence-corrected chi connectivity index (χ1v) is 12.2. The van der Waals surface area contributed by atoms with Crippen molar-refractivity contribution in [3.05, 3.63) is 53.0 Å². The van der Waals surface area contributed by atoms with Crippen LogP contribution in [0.1, 0.15) is 48.3 Å². The van der Waals surface area contributed by atoms with E-state index in [9.17, 15) is 5.11 Å². The minimum atomic E-state index is 0.253. The van der Waals surface area contributed by atoms with Crippen molar-refractivity contribution in [2.45, 2.75) is 64.1 Å². The monoisotopic (exact) mass is 423 g/mol. The molecule has 2 aliphatic heterocycles. The van der Waals surface area contributed by atoms with Crippen molar-refractivity contribution in [2.24, 2.45) is 0 Å². The third kappa shape index (κ3) is 4.69.